The minimum atomic E-state index is -0.348. The first-order valence-corrected chi connectivity index (χ1v) is 9.49. The zero-order chi connectivity index (χ0) is 17.8. The molecule has 136 valence electrons. The lowest BCUT2D eigenvalue weighted by molar-refractivity contribution is 0.0588. The fourth-order valence-corrected chi connectivity index (χ4v) is 3.87. The molecule has 0 aliphatic carbocycles. The average Bonchev–Trinajstić information content (AvgIpc) is 3.26. The van der Waals surface area contributed by atoms with Crippen LogP contribution in [0.5, 0.6) is 0 Å². The summed E-state index contributed by atoms with van der Waals surface area (Å²) in [5, 5.41) is 1.02. The summed E-state index contributed by atoms with van der Waals surface area (Å²) >= 11 is 1.63. The number of ether oxygens (including phenoxy) is 1. The van der Waals surface area contributed by atoms with Gasteiger partial charge in [-0.3, -0.25) is 0 Å². The van der Waals surface area contributed by atoms with Crippen LogP contribution in [0.4, 0.5) is 5.13 Å². The van der Waals surface area contributed by atoms with Gasteiger partial charge in [-0.2, -0.15) is 0 Å². The molecule has 0 spiro atoms. The molecule has 0 unspecified atom stereocenters. The van der Waals surface area contributed by atoms with Gasteiger partial charge in [0.25, 0.3) is 0 Å². The number of hydrogen-bond acceptors (Lipinski definition) is 7. The standard InChI is InChI=1S/C17H25N5O2S/c1-4-5-6-22-13(16(23)24-3)11-18-15(22)14-12-19-17(25-14)21-9-7-20(2)8-10-21/h11-12H,4-10H2,1-3H3. The molecule has 1 aliphatic rings. The van der Waals surface area contributed by atoms with Gasteiger partial charge in [0.1, 0.15) is 5.69 Å². The lowest BCUT2D eigenvalue weighted by atomic mass is 10.3. The molecule has 7 nitrogen and oxygen atoms in total. The Morgan fingerprint density at radius 1 is 1.24 bits per heavy atom. The molecule has 3 heterocycles. The van der Waals surface area contributed by atoms with Crippen LogP contribution in [0.2, 0.25) is 0 Å². The van der Waals surface area contributed by atoms with Crippen molar-refractivity contribution in [2.75, 3.05) is 45.2 Å². The smallest absolute Gasteiger partial charge is 0.356 e. The van der Waals surface area contributed by atoms with E-state index < -0.39 is 0 Å². The van der Waals surface area contributed by atoms with Gasteiger partial charge in [0.15, 0.2) is 11.0 Å². The molecule has 25 heavy (non-hydrogen) atoms. The number of piperazine rings is 1. The highest BCUT2D eigenvalue weighted by atomic mass is 32.1. The van der Waals surface area contributed by atoms with Gasteiger partial charge in [0.2, 0.25) is 0 Å². The fourth-order valence-electron chi connectivity index (χ4n) is 2.89. The maximum atomic E-state index is 12.0. The van der Waals surface area contributed by atoms with E-state index in [4.69, 9.17) is 4.74 Å². The Kier molecular flexibility index (Phi) is 5.70. The van der Waals surface area contributed by atoms with Gasteiger partial charge < -0.3 is 19.1 Å². The van der Waals surface area contributed by atoms with E-state index in [1.54, 1.807) is 17.5 Å². The Morgan fingerprint density at radius 3 is 2.68 bits per heavy atom. The summed E-state index contributed by atoms with van der Waals surface area (Å²) in [7, 11) is 3.54. The van der Waals surface area contributed by atoms with Gasteiger partial charge in [0, 0.05) is 32.7 Å². The van der Waals surface area contributed by atoms with Crippen LogP contribution >= 0.6 is 11.3 Å². The quantitative estimate of drug-likeness (QED) is 0.734. The molecule has 3 rings (SSSR count). The molecule has 1 saturated heterocycles. The van der Waals surface area contributed by atoms with Gasteiger partial charge in [0.05, 0.1) is 24.4 Å². The third kappa shape index (κ3) is 3.85. The van der Waals surface area contributed by atoms with E-state index >= 15 is 0 Å². The fraction of sp³-hybridized carbons (Fsp3) is 0.588. The maximum Gasteiger partial charge on any atom is 0.356 e. The number of methoxy groups -OCH3 is 1. The number of unbranched alkanes of at least 4 members (excludes halogenated alkanes) is 1. The van der Waals surface area contributed by atoms with Crippen LogP contribution in [0, 0.1) is 0 Å². The van der Waals surface area contributed by atoms with Crippen molar-refractivity contribution in [1.82, 2.24) is 19.4 Å². The second-order valence-corrected chi connectivity index (χ2v) is 7.27. The van der Waals surface area contributed by atoms with Crippen molar-refractivity contribution in [3.63, 3.8) is 0 Å². The summed E-state index contributed by atoms with van der Waals surface area (Å²) in [4.78, 5) is 26.7. The SMILES string of the molecule is CCCCn1c(C(=O)OC)cnc1-c1cnc(N2CCN(C)CC2)s1. The maximum absolute atomic E-state index is 12.0. The predicted molar refractivity (Wildman–Crippen MR) is 99.3 cm³/mol. The molecular formula is C17H25N5O2S. The van der Waals surface area contributed by atoms with Crippen LogP contribution in [-0.4, -0.2) is 65.7 Å². The number of aromatic nitrogens is 3. The molecule has 8 heteroatoms. The molecule has 0 bridgehead atoms. The third-order valence-corrected chi connectivity index (χ3v) is 5.53. The Bertz CT molecular complexity index is 718. The van der Waals surface area contributed by atoms with E-state index in [1.165, 1.54) is 7.11 Å². The highest BCUT2D eigenvalue weighted by molar-refractivity contribution is 7.18. The monoisotopic (exact) mass is 363 g/mol. The first kappa shape index (κ1) is 17.9. The minimum Gasteiger partial charge on any atom is -0.464 e. The average molecular weight is 363 g/mol. The summed E-state index contributed by atoms with van der Waals surface area (Å²) < 4.78 is 6.85. The molecule has 0 amide bonds. The Labute approximate surface area is 152 Å². The van der Waals surface area contributed by atoms with Crippen molar-refractivity contribution in [3.8, 4) is 10.7 Å². The van der Waals surface area contributed by atoms with Crippen LogP contribution in [0.1, 0.15) is 30.3 Å². The largest absolute Gasteiger partial charge is 0.464 e. The van der Waals surface area contributed by atoms with Crippen LogP contribution in [0.3, 0.4) is 0 Å². The van der Waals surface area contributed by atoms with Crippen LogP contribution in [0.15, 0.2) is 12.4 Å². The molecule has 1 aliphatic heterocycles. The first-order chi connectivity index (χ1) is 12.1. The first-order valence-electron chi connectivity index (χ1n) is 8.67. The topological polar surface area (TPSA) is 63.5 Å². The molecule has 2 aromatic heterocycles. The Morgan fingerprint density at radius 2 is 2.00 bits per heavy atom. The predicted octanol–water partition coefficient (Wildman–Crippen LogP) is 2.35. The highest BCUT2D eigenvalue weighted by Crippen LogP contribution is 2.31. The summed E-state index contributed by atoms with van der Waals surface area (Å²) in [6, 6.07) is 0. The number of hydrogen-bond donors (Lipinski definition) is 0. The zero-order valence-corrected chi connectivity index (χ0v) is 15.9. The van der Waals surface area contributed by atoms with Gasteiger partial charge in [-0.05, 0) is 13.5 Å². The van der Waals surface area contributed by atoms with E-state index in [0.717, 1.165) is 61.4 Å². The zero-order valence-electron chi connectivity index (χ0n) is 15.1. The Balaban J connectivity index is 1.86. The molecule has 0 saturated carbocycles. The molecule has 1 fully saturated rings. The number of thiazole rings is 1. The molecule has 0 N–H and O–H groups in total. The van der Waals surface area contributed by atoms with Crippen molar-refractivity contribution in [1.29, 1.82) is 0 Å². The second kappa shape index (κ2) is 7.97. The molecule has 0 aromatic carbocycles. The number of carbonyl (C=O) groups is 1. The third-order valence-electron chi connectivity index (χ3n) is 4.47. The second-order valence-electron chi connectivity index (χ2n) is 6.26. The van der Waals surface area contributed by atoms with E-state index in [0.29, 0.717) is 5.69 Å². The number of esters is 1. The highest BCUT2D eigenvalue weighted by Gasteiger charge is 2.22. The Hall–Kier alpha value is -1.93. The van der Waals surface area contributed by atoms with Gasteiger partial charge in [-0.25, -0.2) is 14.8 Å². The van der Waals surface area contributed by atoms with Crippen LogP contribution in [0.25, 0.3) is 10.7 Å². The number of rotatable bonds is 6. The summed E-state index contributed by atoms with van der Waals surface area (Å²) in [5.41, 5.74) is 0.500. The van der Waals surface area contributed by atoms with Crippen molar-refractivity contribution in [2.45, 2.75) is 26.3 Å². The van der Waals surface area contributed by atoms with Crippen LogP contribution < -0.4 is 4.90 Å². The van der Waals surface area contributed by atoms with Crippen molar-refractivity contribution < 1.29 is 9.53 Å². The number of nitrogens with zero attached hydrogens (tertiary/aromatic N) is 5. The van der Waals surface area contributed by atoms with E-state index in [-0.39, 0.29) is 5.97 Å². The van der Waals surface area contributed by atoms with Gasteiger partial charge in [-0.1, -0.05) is 24.7 Å². The summed E-state index contributed by atoms with van der Waals surface area (Å²) in [5.74, 6) is 0.449. The van der Waals surface area contributed by atoms with Crippen LogP contribution in [-0.2, 0) is 11.3 Å². The minimum absolute atomic E-state index is 0.348. The number of anilines is 1. The molecular weight excluding hydrogens is 338 g/mol. The van der Waals surface area contributed by atoms with E-state index in [9.17, 15) is 4.79 Å². The lowest BCUT2D eigenvalue weighted by Crippen LogP contribution is -2.44. The number of likely N-dealkylation sites (N-methyl/N-ethyl adjacent to an activating group) is 1. The van der Waals surface area contributed by atoms with Crippen molar-refractivity contribution in [3.05, 3.63) is 18.1 Å². The van der Waals surface area contributed by atoms with E-state index in [2.05, 4.69) is 33.7 Å². The molecule has 2 aromatic rings. The lowest BCUT2D eigenvalue weighted by Gasteiger charge is -2.32. The van der Waals surface area contributed by atoms with Gasteiger partial charge >= 0.3 is 5.97 Å². The van der Waals surface area contributed by atoms with E-state index in [1.807, 2.05) is 10.8 Å². The van der Waals surface area contributed by atoms with Crippen molar-refractivity contribution in [2.24, 2.45) is 0 Å². The molecule has 0 atom stereocenters. The van der Waals surface area contributed by atoms with Crippen molar-refractivity contribution >= 4 is 22.4 Å². The van der Waals surface area contributed by atoms with Gasteiger partial charge in [-0.15, -0.1) is 0 Å². The summed E-state index contributed by atoms with van der Waals surface area (Å²) in [6.07, 6.45) is 5.50. The molecule has 0 radical (unpaired) electrons. The number of imidazole rings is 1. The normalized spacial score (nSPS) is 15.6. The number of carbonyl (C=O) groups excluding carboxylic acids is 1. The summed E-state index contributed by atoms with van der Waals surface area (Å²) in [6.45, 7) is 6.95.